The molecule has 12 nitrogen and oxygen atoms in total. The summed E-state index contributed by atoms with van der Waals surface area (Å²) in [6, 6.07) is 30.1. The molecule has 0 spiro atoms. The fourth-order valence-corrected chi connectivity index (χ4v) is 7.01. The molecule has 0 aliphatic carbocycles. The standard InChI is InChI=1S/C13H17ClO2.C12H17ClO3S.C11H15ClO.C6H15N.C2H4O2.CH3ClO2S.CH5P.Cs.Na.H2O/c1-10(13(9-14)16-11(2)15)8-12-6-4-3-5-7-12;1-10(8-11-6-4-3-5-7-11)12(9-13)16-17(2,14)15;1-9(11(13)8-12)7-10-5-3-2-4-6-10;1-4-7(5-2)6-3;1-2(3)4;1-5(2,3)4;1-2;;;/h3-7,10,13H,8-9H2,1-2H3;3-7,10,12H,8-9H2,1-2H3;2-6,9,11,13H,7-8H2,1H3;4-6H2,1-3H3;1H3,(H,3,4);1H3;2H2,1H3;;;1H2/q;;;;;;;2*+1;/p-2/t10-,13+;10-,12+;9-,11+;;;;;;;/m000......./s1/i;;;;;;2T;;;. The number of rotatable bonds is 18. The van der Waals surface area contributed by atoms with Gasteiger partial charge in [0, 0.05) is 29.5 Å². The number of carboxylic acids is 1. The van der Waals surface area contributed by atoms with Crippen LogP contribution in [0, 0.1) is 17.8 Å². The van der Waals surface area contributed by atoms with Crippen LogP contribution in [0.15, 0.2) is 91.0 Å². The number of hydrogen-bond acceptors (Lipinski definition) is 12. The van der Waals surface area contributed by atoms with Crippen molar-refractivity contribution in [1.82, 2.24) is 4.90 Å². The number of halogens is 4. The number of carboxylic acid groups (broad SMARTS) is 1. The van der Waals surface area contributed by atoms with Gasteiger partial charge in [0.05, 0.1) is 37.8 Å². The van der Waals surface area contributed by atoms with Crippen LogP contribution in [0.25, 0.3) is 0 Å². The third-order valence-corrected chi connectivity index (χ3v) is 10.1. The van der Waals surface area contributed by atoms with Gasteiger partial charge < -0.3 is 30.1 Å². The van der Waals surface area contributed by atoms with Crippen LogP contribution in [0.2, 0.25) is 0 Å². The van der Waals surface area contributed by atoms with Gasteiger partial charge in [0.25, 0.3) is 10.1 Å². The maximum atomic E-state index is 11.1. The molecule has 2 N–H and O–H groups in total. The molecule has 0 aromatic heterocycles. The number of aliphatic hydroxyl groups excluding tert-OH is 1. The van der Waals surface area contributed by atoms with Crippen molar-refractivity contribution in [3.05, 3.63) is 108 Å². The maximum Gasteiger partial charge on any atom is 1.00 e. The zero-order valence-corrected chi connectivity index (χ0v) is 55.8. The monoisotopic (exact) mass is 1210 g/mol. The second-order valence-electron chi connectivity index (χ2n) is 14.3. The fourth-order valence-electron chi connectivity index (χ4n) is 5.19. The fraction of sp³-hybridized carbons (Fsp3) is 0.565. The molecule has 0 aliphatic rings. The molecule has 0 heterocycles. The van der Waals surface area contributed by atoms with E-state index in [1.54, 1.807) is 0 Å². The smallest absolute Gasteiger partial charge is 0.870 e. The average Bonchev–Trinajstić information content (AvgIpc) is 3.23. The van der Waals surface area contributed by atoms with E-state index in [-0.39, 0.29) is 140 Å². The molecule has 67 heavy (non-hydrogen) atoms. The SMILES string of the molecule is CC(=O)O[C@H](CCl)[C@@H](C)Cc1ccccc1.CC(=O)[O-].CCN(CC)CC.CS(=O)(=O)Cl.C[C@@H](Cc1ccccc1)[C@@H](CCl)OS(C)(=O)=O.C[C@@H](Cc1ccccc1)[C@H](O)CCl.[3H]PC.[Cs+].[Na+].[OH-]. The zero-order chi connectivity index (χ0) is 51.0. The number of ether oxygens (including phenoxy) is 1. The number of nitrogens with zero attached hydrogens (tertiary/aromatic N) is 1. The molecule has 0 radical (unpaired) electrons. The molecular formula is C46H76Cl4CsNNaO11PS2. The van der Waals surface area contributed by atoms with Crippen LogP contribution in [-0.4, -0.2) is 120 Å². The van der Waals surface area contributed by atoms with Crippen molar-refractivity contribution < 1.29 is 149 Å². The Morgan fingerprint density at radius 1 is 0.701 bits per heavy atom. The van der Waals surface area contributed by atoms with Gasteiger partial charge in [-0.25, -0.2) is 8.42 Å². The normalized spacial score (nSPS) is 13.1. The van der Waals surface area contributed by atoms with E-state index in [0.29, 0.717) is 20.9 Å². The Labute approximate surface area is 509 Å². The Bertz CT molecular complexity index is 1790. The van der Waals surface area contributed by atoms with Crippen molar-refractivity contribution >= 4 is 85.8 Å². The van der Waals surface area contributed by atoms with Gasteiger partial charge in [0.1, 0.15) is 6.10 Å². The molecule has 21 heteroatoms. The van der Waals surface area contributed by atoms with Crippen molar-refractivity contribution in [2.75, 3.05) is 56.5 Å². The first-order chi connectivity index (χ1) is 30.3. The van der Waals surface area contributed by atoms with Gasteiger partial charge in [0.2, 0.25) is 9.05 Å². The van der Waals surface area contributed by atoms with E-state index in [1.165, 1.54) is 37.7 Å². The summed E-state index contributed by atoms with van der Waals surface area (Å²) in [6.45, 7) is 20.3. The molecule has 3 rings (SSSR count). The molecule has 3 aromatic rings. The Balaban J connectivity index is -0.000000136. The number of esters is 1. The minimum atomic E-state index is -3.46. The summed E-state index contributed by atoms with van der Waals surface area (Å²) in [5, 5.41) is 18.3. The molecule has 378 valence electrons. The summed E-state index contributed by atoms with van der Waals surface area (Å²) < 4.78 is 57.3. The maximum absolute atomic E-state index is 11.1. The number of carbonyl (C=O) groups excluding carboxylic acids is 2. The van der Waals surface area contributed by atoms with Crippen LogP contribution in [0.5, 0.6) is 0 Å². The second kappa shape index (κ2) is 51.9. The number of aliphatic hydroxyl groups is 1. The molecule has 3 aromatic carbocycles. The van der Waals surface area contributed by atoms with Crippen LogP contribution >= 0.6 is 54.7 Å². The third kappa shape index (κ3) is 57.8. The summed E-state index contributed by atoms with van der Waals surface area (Å²) in [4.78, 5) is 22.2. The summed E-state index contributed by atoms with van der Waals surface area (Å²) >= 11 is 17.1. The van der Waals surface area contributed by atoms with Crippen LogP contribution < -0.4 is 104 Å². The van der Waals surface area contributed by atoms with E-state index in [4.69, 9.17) is 54.9 Å². The summed E-state index contributed by atoms with van der Waals surface area (Å²) in [7, 11) is -1.82. The molecule has 7 atom stereocenters. The summed E-state index contributed by atoms with van der Waals surface area (Å²) in [5.74, 6) is -0.0401. The first-order valence-corrected chi connectivity index (χ1v) is 27.8. The van der Waals surface area contributed by atoms with Gasteiger partial charge in [-0.1, -0.05) is 139 Å². The molecule has 1 unspecified atom stereocenters. The second-order valence-corrected chi connectivity index (χ2v) is 19.9. The van der Waals surface area contributed by atoms with Crippen molar-refractivity contribution in [2.24, 2.45) is 17.8 Å². The third-order valence-electron chi connectivity index (χ3n) is 8.55. The number of alkyl halides is 3. The molecule has 0 bridgehead atoms. The summed E-state index contributed by atoms with van der Waals surface area (Å²) in [6.07, 6.45) is 3.37. The van der Waals surface area contributed by atoms with Crippen LogP contribution in [0.1, 0.15) is 72.1 Å². The Hall–Kier alpha value is 0.982. The van der Waals surface area contributed by atoms with E-state index in [9.17, 15) is 26.7 Å². The number of carbonyl (C=O) groups is 2. The van der Waals surface area contributed by atoms with Gasteiger partial charge >= 0.3 is 104 Å². The number of hydrogen-bond donors (Lipinski definition) is 1. The van der Waals surface area contributed by atoms with Gasteiger partial charge in [-0.2, -0.15) is 8.42 Å². The molecule has 0 saturated carbocycles. The van der Waals surface area contributed by atoms with Crippen molar-refractivity contribution in [1.29, 1.82) is 1.28 Å². The Kier molecular flexibility index (Phi) is 61.5. The van der Waals surface area contributed by atoms with Gasteiger partial charge in [-0.15, -0.1) is 44.0 Å². The predicted octanol–water partition coefficient (Wildman–Crippen LogP) is 2.56. The van der Waals surface area contributed by atoms with E-state index in [2.05, 4.69) is 60.6 Å². The van der Waals surface area contributed by atoms with E-state index < -0.39 is 37.3 Å². The average molecular weight is 1210 g/mol. The van der Waals surface area contributed by atoms with E-state index in [0.717, 1.165) is 44.3 Å². The van der Waals surface area contributed by atoms with Crippen molar-refractivity contribution in [2.45, 2.75) is 93.0 Å². The van der Waals surface area contributed by atoms with Gasteiger partial charge in [0.15, 0.2) is 0 Å². The van der Waals surface area contributed by atoms with Gasteiger partial charge in [-0.05, 0) is 80.3 Å². The number of benzene rings is 3. The number of aliphatic carboxylic acids is 1. The predicted molar refractivity (Wildman–Crippen MR) is 274 cm³/mol. The quantitative estimate of drug-likeness (QED) is 0.0489. The van der Waals surface area contributed by atoms with Crippen molar-refractivity contribution in [3.8, 4) is 0 Å². The van der Waals surface area contributed by atoms with Crippen molar-refractivity contribution in [3.63, 3.8) is 0 Å². The zero-order valence-electron chi connectivity index (χ0n) is 42.8. The first-order valence-electron chi connectivity index (χ1n) is 21.2. The molecule has 0 fully saturated rings. The first kappa shape index (κ1) is 79.4. The van der Waals surface area contributed by atoms with Crippen LogP contribution in [-0.2, 0) is 56.9 Å². The minimum Gasteiger partial charge on any atom is -0.870 e. The summed E-state index contributed by atoms with van der Waals surface area (Å²) in [5.41, 5.74) is 3.63. The molecule has 0 aliphatic heterocycles. The topological polar surface area (TPSA) is 197 Å². The molecule has 0 amide bonds. The molecular weight excluding hydrogens is 1140 g/mol. The van der Waals surface area contributed by atoms with Crippen LogP contribution in [0.4, 0.5) is 0 Å². The van der Waals surface area contributed by atoms with E-state index in [1.807, 2.05) is 94.2 Å². The molecule has 0 saturated heterocycles. The Morgan fingerprint density at radius 3 is 1.18 bits per heavy atom. The minimum absolute atomic E-state index is 0. The van der Waals surface area contributed by atoms with Gasteiger partial charge in [-0.3, -0.25) is 8.98 Å². The largest absolute Gasteiger partial charge is 1.00 e. The Morgan fingerprint density at radius 2 is 0.970 bits per heavy atom. The van der Waals surface area contributed by atoms with E-state index >= 15 is 0 Å². The van der Waals surface area contributed by atoms with Crippen LogP contribution in [0.3, 0.4) is 0 Å².